The maximum Gasteiger partial charge on any atom is 0.194 e. The van der Waals surface area contributed by atoms with E-state index in [0.29, 0.717) is 19.6 Å². The van der Waals surface area contributed by atoms with Gasteiger partial charge in [0.05, 0.1) is 13.2 Å². The highest BCUT2D eigenvalue weighted by Gasteiger charge is 2.47. The number of aliphatic hydroxyl groups is 1. The first-order valence-electron chi connectivity index (χ1n) is 3.29. The Hall–Kier alpha value is -0.120. The lowest BCUT2D eigenvalue weighted by Crippen LogP contribution is -2.33. The minimum Gasteiger partial charge on any atom is -0.372 e. The molecule has 2 aliphatic heterocycles. The van der Waals surface area contributed by atoms with Crippen LogP contribution in [0.3, 0.4) is 0 Å². The van der Waals surface area contributed by atoms with Crippen LogP contribution in [-0.2, 0) is 9.47 Å². The SMILES string of the molecule is O[C@]12CCO[C@H]1CCO2. The Morgan fingerprint density at radius 1 is 1.44 bits per heavy atom. The van der Waals surface area contributed by atoms with Crippen LogP contribution < -0.4 is 0 Å². The predicted octanol–water partition coefficient (Wildman–Crippen LogP) is -0.116. The van der Waals surface area contributed by atoms with Crippen molar-refractivity contribution in [2.75, 3.05) is 13.2 Å². The van der Waals surface area contributed by atoms with Crippen molar-refractivity contribution >= 4 is 0 Å². The molecule has 0 bridgehead atoms. The maximum atomic E-state index is 9.48. The molecule has 0 aromatic heterocycles. The molecule has 0 aromatic carbocycles. The Balaban J connectivity index is 2.17. The van der Waals surface area contributed by atoms with E-state index in [-0.39, 0.29) is 6.10 Å². The molecule has 2 saturated heterocycles. The maximum absolute atomic E-state index is 9.48. The first kappa shape index (κ1) is 5.65. The van der Waals surface area contributed by atoms with E-state index in [1.165, 1.54) is 0 Å². The van der Waals surface area contributed by atoms with Crippen molar-refractivity contribution < 1.29 is 14.6 Å². The van der Waals surface area contributed by atoms with E-state index in [1.807, 2.05) is 0 Å². The zero-order valence-corrected chi connectivity index (χ0v) is 5.17. The average molecular weight is 130 g/mol. The third-order valence-electron chi connectivity index (χ3n) is 2.01. The van der Waals surface area contributed by atoms with E-state index in [1.54, 1.807) is 0 Å². The fourth-order valence-electron chi connectivity index (χ4n) is 1.46. The van der Waals surface area contributed by atoms with Crippen LogP contribution >= 0.6 is 0 Å². The largest absolute Gasteiger partial charge is 0.372 e. The fraction of sp³-hybridized carbons (Fsp3) is 1.00. The van der Waals surface area contributed by atoms with Crippen molar-refractivity contribution in [3.63, 3.8) is 0 Å². The van der Waals surface area contributed by atoms with E-state index >= 15 is 0 Å². The summed E-state index contributed by atoms with van der Waals surface area (Å²) in [4.78, 5) is 0. The normalized spacial score (nSPS) is 49.7. The molecule has 0 spiro atoms. The molecule has 52 valence electrons. The minimum absolute atomic E-state index is 0.0440. The van der Waals surface area contributed by atoms with Crippen LogP contribution in [0.25, 0.3) is 0 Å². The Kier molecular flexibility index (Phi) is 1.06. The molecule has 3 nitrogen and oxygen atoms in total. The van der Waals surface area contributed by atoms with E-state index in [4.69, 9.17) is 9.47 Å². The molecule has 9 heavy (non-hydrogen) atoms. The summed E-state index contributed by atoms with van der Waals surface area (Å²) < 4.78 is 10.3. The van der Waals surface area contributed by atoms with Gasteiger partial charge < -0.3 is 14.6 Å². The van der Waals surface area contributed by atoms with E-state index in [2.05, 4.69) is 0 Å². The van der Waals surface area contributed by atoms with Gasteiger partial charge in [-0.3, -0.25) is 0 Å². The molecule has 2 atom stereocenters. The molecule has 2 fully saturated rings. The van der Waals surface area contributed by atoms with E-state index < -0.39 is 5.79 Å². The van der Waals surface area contributed by atoms with Gasteiger partial charge in [0.2, 0.25) is 0 Å². The van der Waals surface area contributed by atoms with Crippen LogP contribution in [0.2, 0.25) is 0 Å². The van der Waals surface area contributed by atoms with Gasteiger partial charge in [0.1, 0.15) is 6.10 Å². The summed E-state index contributed by atoms with van der Waals surface area (Å²) in [6.45, 7) is 1.28. The molecule has 0 saturated carbocycles. The number of ether oxygens (including phenoxy) is 2. The summed E-state index contributed by atoms with van der Waals surface area (Å²) in [5.41, 5.74) is 0. The van der Waals surface area contributed by atoms with Crippen molar-refractivity contribution in [3.8, 4) is 0 Å². The molecule has 3 heteroatoms. The monoisotopic (exact) mass is 130 g/mol. The van der Waals surface area contributed by atoms with Crippen LogP contribution in [0, 0.1) is 0 Å². The number of hydrogen-bond acceptors (Lipinski definition) is 3. The Morgan fingerprint density at radius 2 is 2.33 bits per heavy atom. The lowest BCUT2D eigenvalue weighted by Gasteiger charge is -2.18. The van der Waals surface area contributed by atoms with Crippen LogP contribution in [-0.4, -0.2) is 30.2 Å². The smallest absolute Gasteiger partial charge is 0.194 e. The highest BCUT2D eigenvalue weighted by atomic mass is 16.7. The van der Waals surface area contributed by atoms with Gasteiger partial charge in [0.15, 0.2) is 5.79 Å². The summed E-state index contributed by atoms with van der Waals surface area (Å²) in [7, 11) is 0. The molecule has 0 unspecified atom stereocenters. The van der Waals surface area contributed by atoms with Crippen LogP contribution in [0.5, 0.6) is 0 Å². The summed E-state index contributed by atoms with van der Waals surface area (Å²) in [6, 6.07) is 0. The number of rotatable bonds is 0. The van der Waals surface area contributed by atoms with Crippen LogP contribution in [0.15, 0.2) is 0 Å². The van der Waals surface area contributed by atoms with Crippen molar-refractivity contribution in [2.24, 2.45) is 0 Å². The molecular weight excluding hydrogens is 120 g/mol. The van der Waals surface area contributed by atoms with E-state index in [9.17, 15) is 5.11 Å². The first-order chi connectivity index (χ1) is 4.31. The molecule has 1 N–H and O–H groups in total. The summed E-state index contributed by atoms with van der Waals surface area (Å²) in [6.07, 6.45) is 1.44. The highest BCUT2D eigenvalue weighted by Crippen LogP contribution is 2.34. The molecule has 0 radical (unpaired) electrons. The minimum atomic E-state index is -0.917. The van der Waals surface area contributed by atoms with Gasteiger partial charge in [-0.1, -0.05) is 0 Å². The van der Waals surface area contributed by atoms with Gasteiger partial charge >= 0.3 is 0 Å². The molecule has 2 rings (SSSR count). The Morgan fingerprint density at radius 3 is 3.11 bits per heavy atom. The third kappa shape index (κ3) is 0.689. The molecule has 0 amide bonds. The van der Waals surface area contributed by atoms with Crippen LogP contribution in [0.1, 0.15) is 12.8 Å². The zero-order valence-electron chi connectivity index (χ0n) is 5.17. The van der Waals surface area contributed by atoms with Crippen molar-refractivity contribution in [2.45, 2.75) is 24.7 Å². The van der Waals surface area contributed by atoms with E-state index in [0.717, 1.165) is 6.42 Å². The van der Waals surface area contributed by atoms with Gasteiger partial charge in [0, 0.05) is 12.8 Å². The average Bonchev–Trinajstić information content (AvgIpc) is 2.22. The quantitative estimate of drug-likeness (QED) is 0.497. The fourth-order valence-corrected chi connectivity index (χ4v) is 1.46. The molecular formula is C6H10O3. The Labute approximate surface area is 53.6 Å². The molecule has 0 aromatic rings. The second-order valence-corrected chi connectivity index (χ2v) is 2.59. The second-order valence-electron chi connectivity index (χ2n) is 2.59. The number of hydrogen-bond donors (Lipinski definition) is 1. The summed E-state index contributed by atoms with van der Waals surface area (Å²) in [5, 5.41) is 9.48. The van der Waals surface area contributed by atoms with Crippen molar-refractivity contribution in [1.82, 2.24) is 0 Å². The highest BCUT2D eigenvalue weighted by molar-refractivity contribution is 4.88. The first-order valence-corrected chi connectivity index (χ1v) is 3.29. The second kappa shape index (κ2) is 1.68. The summed E-state index contributed by atoms with van der Waals surface area (Å²) in [5.74, 6) is -0.917. The zero-order chi connectivity index (χ0) is 6.32. The topological polar surface area (TPSA) is 38.7 Å². The van der Waals surface area contributed by atoms with Crippen molar-refractivity contribution in [3.05, 3.63) is 0 Å². The van der Waals surface area contributed by atoms with Gasteiger partial charge in [-0.25, -0.2) is 0 Å². The van der Waals surface area contributed by atoms with Gasteiger partial charge in [-0.2, -0.15) is 0 Å². The van der Waals surface area contributed by atoms with Gasteiger partial charge in [-0.15, -0.1) is 0 Å². The third-order valence-corrected chi connectivity index (χ3v) is 2.01. The Bertz CT molecular complexity index is 113. The lowest BCUT2D eigenvalue weighted by atomic mass is 10.1. The van der Waals surface area contributed by atoms with Gasteiger partial charge in [-0.05, 0) is 0 Å². The number of fused-ring (bicyclic) bond motifs is 1. The van der Waals surface area contributed by atoms with Crippen LogP contribution in [0.4, 0.5) is 0 Å². The van der Waals surface area contributed by atoms with Crippen molar-refractivity contribution in [1.29, 1.82) is 0 Å². The lowest BCUT2D eigenvalue weighted by molar-refractivity contribution is -0.184. The summed E-state index contributed by atoms with van der Waals surface area (Å²) >= 11 is 0. The molecule has 2 aliphatic rings. The molecule has 2 heterocycles. The standard InChI is InChI=1S/C6H10O3/c7-6-2-4-8-5(6)1-3-9-6/h5,7H,1-4H2/t5-,6-/m0/s1. The predicted molar refractivity (Wildman–Crippen MR) is 29.9 cm³/mol. The molecule has 0 aliphatic carbocycles. The van der Waals surface area contributed by atoms with Gasteiger partial charge in [0.25, 0.3) is 0 Å².